The molecule has 2 unspecified atom stereocenters. The Labute approximate surface area is 118 Å². The maximum Gasteiger partial charge on any atom is 0.245 e. The predicted octanol–water partition coefficient (Wildman–Crippen LogP) is 1.56. The smallest absolute Gasteiger partial charge is 0.245 e. The van der Waals surface area contributed by atoms with Gasteiger partial charge in [-0.25, -0.2) is 0 Å². The van der Waals surface area contributed by atoms with Gasteiger partial charge in [0.15, 0.2) is 0 Å². The summed E-state index contributed by atoms with van der Waals surface area (Å²) in [5.41, 5.74) is 1.24. The third kappa shape index (κ3) is 2.96. The molecule has 1 N–H and O–H groups in total. The Hall–Kier alpha value is -2.37. The van der Waals surface area contributed by atoms with E-state index in [1.807, 2.05) is 19.1 Å². The topological polar surface area (TPSA) is 79.9 Å². The fourth-order valence-corrected chi connectivity index (χ4v) is 2.36. The van der Waals surface area contributed by atoms with Gasteiger partial charge >= 0.3 is 0 Å². The summed E-state index contributed by atoms with van der Waals surface area (Å²) in [7, 11) is 0. The average molecular weight is 268 g/mol. The monoisotopic (exact) mass is 268 g/mol. The second-order valence-corrected chi connectivity index (χ2v) is 4.92. The van der Waals surface area contributed by atoms with Crippen LogP contribution < -0.4 is 10.2 Å². The SMILES string of the molecule is CC1CCN(c2cccc(C#N)c2)C(=O)C(CC#N)N1. The fourth-order valence-electron chi connectivity index (χ4n) is 2.36. The third-order valence-corrected chi connectivity index (χ3v) is 3.42. The van der Waals surface area contributed by atoms with E-state index in [0.29, 0.717) is 17.8 Å². The van der Waals surface area contributed by atoms with Crippen molar-refractivity contribution in [3.8, 4) is 12.1 Å². The van der Waals surface area contributed by atoms with Crippen LogP contribution in [0.25, 0.3) is 0 Å². The van der Waals surface area contributed by atoms with E-state index in [2.05, 4.69) is 11.4 Å². The molecule has 0 aliphatic carbocycles. The quantitative estimate of drug-likeness (QED) is 0.882. The van der Waals surface area contributed by atoms with Crippen molar-refractivity contribution in [3.05, 3.63) is 29.8 Å². The van der Waals surface area contributed by atoms with E-state index >= 15 is 0 Å². The molecule has 0 spiro atoms. The van der Waals surface area contributed by atoms with Crippen molar-refractivity contribution in [1.82, 2.24) is 5.32 Å². The number of benzene rings is 1. The van der Waals surface area contributed by atoms with Crippen LogP contribution in [0.4, 0.5) is 5.69 Å². The zero-order valence-electron chi connectivity index (χ0n) is 11.3. The van der Waals surface area contributed by atoms with Crippen LogP contribution in [0.15, 0.2) is 24.3 Å². The lowest BCUT2D eigenvalue weighted by Crippen LogP contribution is -2.45. The molecule has 20 heavy (non-hydrogen) atoms. The Morgan fingerprint density at radius 3 is 2.95 bits per heavy atom. The van der Waals surface area contributed by atoms with Gasteiger partial charge in [-0.1, -0.05) is 6.07 Å². The molecule has 2 rings (SSSR count). The van der Waals surface area contributed by atoms with Crippen molar-refractivity contribution < 1.29 is 4.79 Å². The summed E-state index contributed by atoms with van der Waals surface area (Å²) < 4.78 is 0. The Balaban J connectivity index is 2.31. The fraction of sp³-hybridized carbons (Fsp3) is 0.400. The zero-order chi connectivity index (χ0) is 14.5. The van der Waals surface area contributed by atoms with Crippen LogP contribution in [0.1, 0.15) is 25.3 Å². The highest BCUT2D eigenvalue weighted by atomic mass is 16.2. The van der Waals surface area contributed by atoms with Crippen molar-refractivity contribution in [2.45, 2.75) is 31.8 Å². The summed E-state index contributed by atoms with van der Waals surface area (Å²) in [6, 6.07) is 10.8. The molecule has 0 saturated carbocycles. The Kier molecular flexibility index (Phi) is 4.34. The van der Waals surface area contributed by atoms with Crippen LogP contribution in [-0.4, -0.2) is 24.5 Å². The first-order valence-electron chi connectivity index (χ1n) is 6.60. The van der Waals surface area contributed by atoms with E-state index in [0.717, 1.165) is 6.42 Å². The van der Waals surface area contributed by atoms with Gasteiger partial charge in [0.2, 0.25) is 5.91 Å². The van der Waals surface area contributed by atoms with Gasteiger partial charge in [-0.15, -0.1) is 0 Å². The minimum atomic E-state index is -0.483. The van der Waals surface area contributed by atoms with E-state index in [4.69, 9.17) is 10.5 Å². The Morgan fingerprint density at radius 2 is 2.25 bits per heavy atom. The largest absolute Gasteiger partial charge is 0.311 e. The van der Waals surface area contributed by atoms with Gasteiger partial charge in [-0.05, 0) is 31.5 Å². The highest BCUT2D eigenvalue weighted by molar-refractivity contribution is 5.97. The van der Waals surface area contributed by atoms with Crippen LogP contribution in [0.2, 0.25) is 0 Å². The first-order chi connectivity index (χ1) is 9.65. The molecule has 5 heteroatoms. The molecule has 1 fully saturated rings. The molecule has 1 aromatic rings. The molecule has 1 aliphatic rings. The summed E-state index contributed by atoms with van der Waals surface area (Å²) in [5.74, 6) is -0.106. The molecule has 0 radical (unpaired) electrons. The number of carbonyl (C=O) groups excluding carboxylic acids is 1. The number of rotatable bonds is 2. The molecular formula is C15H16N4O. The Morgan fingerprint density at radius 1 is 1.45 bits per heavy atom. The summed E-state index contributed by atoms with van der Waals surface area (Å²) in [4.78, 5) is 14.2. The molecule has 1 aliphatic heterocycles. The summed E-state index contributed by atoms with van der Waals surface area (Å²) in [5, 5.41) is 21.0. The maximum atomic E-state index is 12.5. The van der Waals surface area contributed by atoms with Gasteiger partial charge in [0.25, 0.3) is 0 Å². The van der Waals surface area contributed by atoms with Gasteiger partial charge in [0, 0.05) is 18.3 Å². The lowest BCUT2D eigenvalue weighted by atomic mass is 10.1. The summed E-state index contributed by atoms with van der Waals surface area (Å²) in [6.45, 7) is 2.59. The first kappa shape index (κ1) is 14.0. The number of hydrogen-bond donors (Lipinski definition) is 1. The van der Waals surface area contributed by atoms with Gasteiger partial charge in [0.1, 0.15) is 6.04 Å². The van der Waals surface area contributed by atoms with Gasteiger partial charge in [-0.3, -0.25) is 4.79 Å². The lowest BCUT2D eigenvalue weighted by Gasteiger charge is -2.23. The number of anilines is 1. The number of nitrogens with one attached hydrogen (secondary N) is 1. The molecule has 1 heterocycles. The van der Waals surface area contributed by atoms with Crippen LogP contribution in [0, 0.1) is 22.7 Å². The van der Waals surface area contributed by atoms with Crippen LogP contribution >= 0.6 is 0 Å². The number of nitrogens with zero attached hydrogens (tertiary/aromatic N) is 3. The minimum absolute atomic E-state index is 0.106. The highest BCUT2D eigenvalue weighted by Gasteiger charge is 2.30. The predicted molar refractivity (Wildman–Crippen MR) is 74.7 cm³/mol. The molecule has 2 atom stereocenters. The number of amides is 1. The van der Waals surface area contributed by atoms with E-state index in [-0.39, 0.29) is 18.4 Å². The molecule has 102 valence electrons. The van der Waals surface area contributed by atoms with E-state index in [9.17, 15) is 4.79 Å². The molecule has 5 nitrogen and oxygen atoms in total. The molecule has 0 bridgehead atoms. The van der Waals surface area contributed by atoms with E-state index in [1.54, 1.807) is 23.1 Å². The van der Waals surface area contributed by atoms with E-state index in [1.165, 1.54) is 0 Å². The van der Waals surface area contributed by atoms with Gasteiger partial charge < -0.3 is 10.2 Å². The van der Waals surface area contributed by atoms with Crippen molar-refractivity contribution >= 4 is 11.6 Å². The van der Waals surface area contributed by atoms with Crippen molar-refractivity contribution in [2.24, 2.45) is 0 Å². The van der Waals surface area contributed by atoms with Crippen LogP contribution in [0.3, 0.4) is 0 Å². The van der Waals surface area contributed by atoms with Crippen molar-refractivity contribution in [3.63, 3.8) is 0 Å². The first-order valence-corrected chi connectivity index (χ1v) is 6.60. The molecular weight excluding hydrogens is 252 g/mol. The molecule has 1 saturated heterocycles. The van der Waals surface area contributed by atoms with Crippen LogP contribution in [0.5, 0.6) is 0 Å². The number of carbonyl (C=O) groups is 1. The van der Waals surface area contributed by atoms with Crippen LogP contribution in [-0.2, 0) is 4.79 Å². The minimum Gasteiger partial charge on any atom is -0.311 e. The normalized spacial score (nSPS) is 22.8. The average Bonchev–Trinajstić information content (AvgIpc) is 2.59. The molecule has 0 aromatic heterocycles. The van der Waals surface area contributed by atoms with Gasteiger partial charge in [-0.2, -0.15) is 10.5 Å². The second-order valence-electron chi connectivity index (χ2n) is 4.92. The number of hydrogen-bond acceptors (Lipinski definition) is 4. The zero-order valence-corrected chi connectivity index (χ0v) is 11.3. The lowest BCUT2D eigenvalue weighted by molar-refractivity contribution is -0.120. The van der Waals surface area contributed by atoms with E-state index < -0.39 is 6.04 Å². The van der Waals surface area contributed by atoms with Gasteiger partial charge in [0.05, 0.1) is 24.1 Å². The Bertz CT molecular complexity index is 584. The standard InChI is InChI=1S/C15H16N4O/c1-11-6-8-19(15(20)14(18-11)5-7-16)13-4-2-3-12(9-13)10-17/h2-4,9,11,14,18H,5-6,8H2,1H3. The van der Waals surface area contributed by atoms with Crippen molar-refractivity contribution in [1.29, 1.82) is 10.5 Å². The maximum absolute atomic E-state index is 12.5. The molecule has 1 aromatic carbocycles. The third-order valence-electron chi connectivity index (χ3n) is 3.42. The number of nitriles is 2. The molecule has 1 amide bonds. The summed E-state index contributed by atoms with van der Waals surface area (Å²) in [6.07, 6.45) is 0.960. The second kappa shape index (κ2) is 6.18. The highest BCUT2D eigenvalue weighted by Crippen LogP contribution is 2.20. The summed E-state index contributed by atoms with van der Waals surface area (Å²) >= 11 is 0. The van der Waals surface area contributed by atoms with Crippen molar-refractivity contribution in [2.75, 3.05) is 11.4 Å².